The van der Waals surface area contributed by atoms with Crippen LogP contribution in [-0.4, -0.2) is 23.7 Å². The Morgan fingerprint density at radius 3 is 2.43 bits per heavy atom. The monoisotopic (exact) mass is 376 g/mol. The van der Waals surface area contributed by atoms with Crippen LogP contribution >= 0.6 is 15.9 Å². The molecule has 6 heteroatoms. The van der Waals surface area contributed by atoms with Crippen LogP contribution in [0.5, 0.6) is 0 Å². The second-order valence-corrected chi connectivity index (χ2v) is 5.94. The fraction of sp³-hybridized carbons (Fsp3) is 0.176. The lowest BCUT2D eigenvalue weighted by Gasteiger charge is -2.08. The first-order chi connectivity index (χ1) is 11.0. The Balaban J connectivity index is 1.77. The van der Waals surface area contributed by atoms with Crippen LogP contribution < -0.4 is 10.6 Å². The first-order valence-corrected chi connectivity index (χ1v) is 7.92. The second-order valence-electron chi connectivity index (χ2n) is 5.03. The van der Waals surface area contributed by atoms with Crippen molar-refractivity contribution in [2.24, 2.45) is 0 Å². The van der Waals surface area contributed by atoms with Gasteiger partial charge in [-0.05, 0) is 41.8 Å². The molecule has 2 rings (SSSR count). The van der Waals surface area contributed by atoms with E-state index >= 15 is 0 Å². The minimum atomic E-state index is -0.879. The van der Waals surface area contributed by atoms with Gasteiger partial charge in [0.25, 0.3) is 0 Å². The van der Waals surface area contributed by atoms with Gasteiger partial charge in [0, 0.05) is 16.7 Å². The van der Waals surface area contributed by atoms with Gasteiger partial charge in [0.05, 0.1) is 6.42 Å². The lowest BCUT2D eigenvalue weighted by atomic mass is 10.1. The Morgan fingerprint density at radius 2 is 1.78 bits per heavy atom. The van der Waals surface area contributed by atoms with E-state index in [0.717, 1.165) is 16.5 Å². The summed E-state index contributed by atoms with van der Waals surface area (Å²) in [6.45, 7) is 0.527. The number of nitrogens with one attached hydrogen (secondary N) is 2. The van der Waals surface area contributed by atoms with Crippen molar-refractivity contribution in [1.29, 1.82) is 0 Å². The number of benzene rings is 2. The van der Waals surface area contributed by atoms with Crippen molar-refractivity contribution in [1.82, 2.24) is 5.32 Å². The first kappa shape index (κ1) is 17.0. The van der Waals surface area contributed by atoms with Gasteiger partial charge in [-0.15, -0.1) is 0 Å². The number of carbonyl (C=O) groups is 2. The van der Waals surface area contributed by atoms with Crippen LogP contribution in [-0.2, 0) is 17.6 Å². The number of carboxylic acids is 1. The minimum Gasteiger partial charge on any atom is -0.481 e. The normalized spacial score (nSPS) is 10.1. The molecule has 0 heterocycles. The van der Waals surface area contributed by atoms with E-state index in [2.05, 4.69) is 26.6 Å². The lowest BCUT2D eigenvalue weighted by Crippen LogP contribution is -2.30. The van der Waals surface area contributed by atoms with E-state index in [4.69, 9.17) is 5.11 Å². The Kier molecular flexibility index (Phi) is 6.17. The molecule has 23 heavy (non-hydrogen) atoms. The smallest absolute Gasteiger partial charge is 0.319 e. The van der Waals surface area contributed by atoms with E-state index in [1.54, 1.807) is 24.3 Å². The van der Waals surface area contributed by atoms with Gasteiger partial charge >= 0.3 is 12.0 Å². The molecule has 2 aromatic carbocycles. The number of urea groups is 1. The highest BCUT2D eigenvalue weighted by Crippen LogP contribution is 2.12. The largest absolute Gasteiger partial charge is 0.481 e. The molecule has 2 amide bonds. The van der Waals surface area contributed by atoms with Gasteiger partial charge in [-0.1, -0.05) is 40.2 Å². The third-order valence-electron chi connectivity index (χ3n) is 3.16. The zero-order valence-corrected chi connectivity index (χ0v) is 14.0. The summed E-state index contributed by atoms with van der Waals surface area (Å²) in [5.74, 6) is -0.879. The van der Waals surface area contributed by atoms with Gasteiger partial charge in [-0.3, -0.25) is 4.79 Å². The molecule has 0 bridgehead atoms. The molecule has 0 unspecified atom stereocenters. The lowest BCUT2D eigenvalue weighted by molar-refractivity contribution is -0.136. The van der Waals surface area contributed by atoms with Crippen LogP contribution in [0, 0.1) is 0 Å². The molecule has 0 radical (unpaired) electrons. The first-order valence-electron chi connectivity index (χ1n) is 7.13. The molecule has 120 valence electrons. The van der Waals surface area contributed by atoms with Gasteiger partial charge < -0.3 is 15.7 Å². The molecule has 0 saturated carbocycles. The molecule has 0 aromatic heterocycles. The van der Waals surface area contributed by atoms with Crippen molar-refractivity contribution < 1.29 is 14.7 Å². The topological polar surface area (TPSA) is 78.4 Å². The van der Waals surface area contributed by atoms with Crippen molar-refractivity contribution in [2.45, 2.75) is 12.8 Å². The molecular weight excluding hydrogens is 360 g/mol. The number of aliphatic carboxylic acids is 1. The number of carboxylic acid groups (broad SMARTS) is 1. The summed E-state index contributed by atoms with van der Waals surface area (Å²) in [5.41, 5.74) is 2.45. The Hall–Kier alpha value is -2.34. The number of halogens is 1. The summed E-state index contributed by atoms with van der Waals surface area (Å²) in [7, 11) is 0. The minimum absolute atomic E-state index is 0.0287. The molecule has 0 fully saturated rings. The highest BCUT2D eigenvalue weighted by molar-refractivity contribution is 9.10. The summed E-state index contributed by atoms with van der Waals surface area (Å²) in [4.78, 5) is 22.4. The van der Waals surface area contributed by atoms with Crippen molar-refractivity contribution in [3.05, 3.63) is 64.1 Å². The average molecular weight is 377 g/mol. The fourth-order valence-corrected chi connectivity index (χ4v) is 2.52. The zero-order valence-electron chi connectivity index (χ0n) is 12.4. The third kappa shape index (κ3) is 6.12. The SMILES string of the molecule is O=C(O)Cc1ccc(NC(=O)NCCc2cccc(Br)c2)cc1. The molecule has 0 aliphatic carbocycles. The van der Waals surface area contributed by atoms with Crippen LogP contribution in [0.25, 0.3) is 0 Å². The Morgan fingerprint density at radius 1 is 1.04 bits per heavy atom. The van der Waals surface area contributed by atoms with E-state index in [-0.39, 0.29) is 12.5 Å². The van der Waals surface area contributed by atoms with Crippen molar-refractivity contribution in [3.8, 4) is 0 Å². The maximum atomic E-state index is 11.8. The predicted octanol–water partition coefficient (Wildman–Crippen LogP) is 3.44. The van der Waals surface area contributed by atoms with E-state index in [0.29, 0.717) is 17.8 Å². The average Bonchev–Trinajstić information content (AvgIpc) is 2.49. The third-order valence-corrected chi connectivity index (χ3v) is 3.65. The summed E-state index contributed by atoms with van der Waals surface area (Å²) in [6, 6.07) is 14.4. The van der Waals surface area contributed by atoms with E-state index < -0.39 is 5.97 Å². The highest BCUT2D eigenvalue weighted by atomic mass is 79.9. The molecule has 0 atom stereocenters. The number of hydrogen-bond acceptors (Lipinski definition) is 2. The van der Waals surface area contributed by atoms with Crippen molar-refractivity contribution in [3.63, 3.8) is 0 Å². The molecule has 0 saturated heterocycles. The maximum Gasteiger partial charge on any atom is 0.319 e. The molecule has 5 nitrogen and oxygen atoms in total. The summed E-state index contributed by atoms with van der Waals surface area (Å²) < 4.78 is 1.01. The van der Waals surface area contributed by atoms with Gasteiger partial charge in [0.2, 0.25) is 0 Å². The zero-order chi connectivity index (χ0) is 16.7. The Bertz CT molecular complexity index is 686. The summed E-state index contributed by atoms with van der Waals surface area (Å²) in [5, 5.41) is 14.2. The molecule has 0 aliphatic heterocycles. The number of carbonyl (C=O) groups excluding carboxylic acids is 1. The van der Waals surface area contributed by atoms with Crippen LogP contribution in [0.1, 0.15) is 11.1 Å². The van der Waals surface area contributed by atoms with E-state index in [1.165, 1.54) is 0 Å². The quantitative estimate of drug-likeness (QED) is 0.722. The second kappa shape index (κ2) is 8.33. The molecule has 0 aliphatic rings. The van der Waals surface area contributed by atoms with Crippen molar-refractivity contribution >= 4 is 33.6 Å². The van der Waals surface area contributed by atoms with Gasteiger partial charge in [0.15, 0.2) is 0 Å². The van der Waals surface area contributed by atoms with Crippen LogP contribution in [0.2, 0.25) is 0 Å². The molecule has 0 spiro atoms. The van der Waals surface area contributed by atoms with Crippen LogP contribution in [0.3, 0.4) is 0 Å². The Labute approximate surface area is 142 Å². The van der Waals surface area contributed by atoms with Crippen LogP contribution in [0.4, 0.5) is 10.5 Å². The molecule has 3 N–H and O–H groups in total. The number of rotatable bonds is 6. The number of hydrogen-bond donors (Lipinski definition) is 3. The summed E-state index contributed by atoms with van der Waals surface area (Å²) >= 11 is 3.41. The standard InChI is InChI=1S/C17H17BrN2O3/c18-14-3-1-2-12(10-14)8-9-19-17(23)20-15-6-4-13(5-7-15)11-16(21)22/h1-7,10H,8-9,11H2,(H,21,22)(H2,19,20,23). The number of anilines is 1. The molecule has 2 aromatic rings. The van der Waals surface area contributed by atoms with E-state index in [9.17, 15) is 9.59 Å². The number of amides is 2. The van der Waals surface area contributed by atoms with E-state index in [1.807, 2.05) is 24.3 Å². The van der Waals surface area contributed by atoms with Crippen molar-refractivity contribution in [2.75, 3.05) is 11.9 Å². The van der Waals surface area contributed by atoms with Gasteiger partial charge in [0.1, 0.15) is 0 Å². The molecular formula is C17H17BrN2O3. The van der Waals surface area contributed by atoms with Gasteiger partial charge in [-0.2, -0.15) is 0 Å². The highest BCUT2D eigenvalue weighted by Gasteiger charge is 2.03. The fourth-order valence-electron chi connectivity index (χ4n) is 2.07. The summed E-state index contributed by atoms with van der Waals surface area (Å²) in [6.07, 6.45) is 0.712. The predicted molar refractivity (Wildman–Crippen MR) is 92.6 cm³/mol. The maximum absolute atomic E-state index is 11.8. The van der Waals surface area contributed by atoms with Gasteiger partial charge in [-0.25, -0.2) is 4.79 Å². The van der Waals surface area contributed by atoms with Crippen LogP contribution in [0.15, 0.2) is 53.0 Å².